The third-order valence-electron chi connectivity index (χ3n) is 4.06. The highest BCUT2D eigenvalue weighted by molar-refractivity contribution is 5.81. The molecule has 22 heavy (non-hydrogen) atoms. The van der Waals surface area contributed by atoms with Crippen LogP contribution in [-0.2, 0) is 4.79 Å². The molecule has 1 aromatic carbocycles. The lowest BCUT2D eigenvalue weighted by molar-refractivity contribution is -0.130. The summed E-state index contributed by atoms with van der Waals surface area (Å²) in [7, 11) is 0. The molecule has 1 fully saturated rings. The van der Waals surface area contributed by atoms with Crippen LogP contribution in [0.4, 0.5) is 0 Å². The SMILES string of the molecule is CC(C)C(Oc1ccccc1C#N)C(=O)NCC1(CO)CC1. The average Bonchev–Trinajstić information content (AvgIpc) is 3.31. The molecule has 5 heteroatoms. The minimum absolute atomic E-state index is 0.0315. The predicted molar refractivity (Wildman–Crippen MR) is 82.2 cm³/mol. The van der Waals surface area contributed by atoms with Gasteiger partial charge in [0.1, 0.15) is 11.8 Å². The summed E-state index contributed by atoms with van der Waals surface area (Å²) in [4.78, 5) is 12.4. The summed E-state index contributed by atoms with van der Waals surface area (Å²) in [5.41, 5.74) is 0.275. The quantitative estimate of drug-likeness (QED) is 0.805. The zero-order valence-corrected chi connectivity index (χ0v) is 13.0. The monoisotopic (exact) mass is 302 g/mol. The van der Waals surface area contributed by atoms with Crippen molar-refractivity contribution in [3.8, 4) is 11.8 Å². The van der Waals surface area contributed by atoms with Gasteiger partial charge in [-0.05, 0) is 30.9 Å². The number of nitrogens with zero attached hydrogens (tertiary/aromatic N) is 1. The Morgan fingerprint density at radius 1 is 1.45 bits per heavy atom. The number of nitrogens with one attached hydrogen (secondary N) is 1. The van der Waals surface area contributed by atoms with Gasteiger partial charge >= 0.3 is 0 Å². The van der Waals surface area contributed by atoms with Gasteiger partial charge in [0.2, 0.25) is 0 Å². The summed E-state index contributed by atoms with van der Waals surface area (Å²) in [5.74, 6) is 0.181. The number of amides is 1. The Bertz CT molecular complexity index is 574. The summed E-state index contributed by atoms with van der Waals surface area (Å²) in [5, 5.41) is 21.3. The van der Waals surface area contributed by atoms with Crippen molar-refractivity contribution in [2.24, 2.45) is 11.3 Å². The number of hydrogen-bond acceptors (Lipinski definition) is 4. The molecule has 1 unspecified atom stereocenters. The number of para-hydroxylation sites is 1. The normalized spacial score (nSPS) is 16.7. The molecular formula is C17H22N2O3. The van der Waals surface area contributed by atoms with Crippen molar-refractivity contribution >= 4 is 5.91 Å². The average molecular weight is 302 g/mol. The lowest BCUT2D eigenvalue weighted by Crippen LogP contribution is -2.44. The molecule has 1 saturated carbocycles. The fraction of sp³-hybridized carbons (Fsp3) is 0.529. The highest BCUT2D eigenvalue weighted by atomic mass is 16.5. The molecule has 1 aliphatic rings. The molecule has 1 amide bonds. The molecule has 0 heterocycles. The highest BCUT2D eigenvalue weighted by Gasteiger charge is 2.42. The molecule has 118 valence electrons. The van der Waals surface area contributed by atoms with Gasteiger partial charge in [0.05, 0.1) is 12.2 Å². The lowest BCUT2D eigenvalue weighted by atomic mass is 10.0. The number of carbonyl (C=O) groups is 1. The van der Waals surface area contributed by atoms with Crippen LogP contribution in [0.3, 0.4) is 0 Å². The van der Waals surface area contributed by atoms with E-state index in [1.54, 1.807) is 24.3 Å². The summed E-state index contributed by atoms with van der Waals surface area (Å²) in [6.07, 6.45) is 1.21. The molecule has 2 rings (SSSR count). The number of aliphatic hydroxyl groups excluding tert-OH is 1. The smallest absolute Gasteiger partial charge is 0.261 e. The van der Waals surface area contributed by atoms with Crippen molar-refractivity contribution in [3.63, 3.8) is 0 Å². The standard InChI is InChI=1S/C17H22N2O3/c1-12(2)15(16(21)19-10-17(11-20)7-8-17)22-14-6-4-3-5-13(14)9-18/h3-6,12,15,20H,7-8,10-11H2,1-2H3,(H,19,21). The van der Waals surface area contributed by atoms with E-state index >= 15 is 0 Å². The molecule has 1 atom stereocenters. The van der Waals surface area contributed by atoms with E-state index in [0.29, 0.717) is 17.9 Å². The highest BCUT2D eigenvalue weighted by Crippen LogP contribution is 2.44. The lowest BCUT2D eigenvalue weighted by Gasteiger charge is -2.23. The zero-order valence-electron chi connectivity index (χ0n) is 13.0. The van der Waals surface area contributed by atoms with Crippen molar-refractivity contribution in [1.29, 1.82) is 5.26 Å². The van der Waals surface area contributed by atoms with Gasteiger partial charge in [0.25, 0.3) is 5.91 Å². The number of rotatable bonds is 7. The summed E-state index contributed by atoms with van der Waals surface area (Å²) in [6.45, 7) is 4.36. The van der Waals surface area contributed by atoms with E-state index in [0.717, 1.165) is 12.8 Å². The van der Waals surface area contributed by atoms with Crippen molar-refractivity contribution in [1.82, 2.24) is 5.32 Å². The van der Waals surface area contributed by atoms with E-state index in [2.05, 4.69) is 11.4 Å². The maximum atomic E-state index is 12.4. The maximum Gasteiger partial charge on any atom is 0.261 e. The number of ether oxygens (including phenoxy) is 1. The van der Waals surface area contributed by atoms with Crippen LogP contribution in [0.2, 0.25) is 0 Å². The van der Waals surface area contributed by atoms with Crippen LogP contribution in [0.5, 0.6) is 5.75 Å². The summed E-state index contributed by atoms with van der Waals surface area (Å²) >= 11 is 0. The summed E-state index contributed by atoms with van der Waals surface area (Å²) in [6, 6.07) is 8.95. The Morgan fingerprint density at radius 3 is 2.68 bits per heavy atom. The van der Waals surface area contributed by atoms with Gasteiger partial charge in [-0.3, -0.25) is 4.79 Å². The molecule has 2 N–H and O–H groups in total. The molecular weight excluding hydrogens is 280 g/mol. The summed E-state index contributed by atoms with van der Waals surface area (Å²) < 4.78 is 5.78. The van der Waals surface area contributed by atoms with E-state index < -0.39 is 6.10 Å². The Labute approximate surface area is 130 Å². The molecule has 0 spiro atoms. The van der Waals surface area contributed by atoms with Gasteiger partial charge in [0, 0.05) is 12.0 Å². The number of benzene rings is 1. The third kappa shape index (κ3) is 3.77. The maximum absolute atomic E-state index is 12.4. The largest absolute Gasteiger partial charge is 0.479 e. The van der Waals surface area contributed by atoms with Gasteiger partial charge in [-0.2, -0.15) is 5.26 Å². The van der Waals surface area contributed by atoms with Crippen LogP contribution in [0.25, 0.3) is 0 Å². The first-order valence-corrected chi connectivity index (χ1v) is 7.56. The number of carbonyl (C=O) groups excluding carboxylic acids is 1. The topological polar surface area (TPSA) is 82.3 Å². The number of aliphatic hydroxyl groups is 1. The van der Waals surface area contributed by atoms with Gasteiger partial charge in [0.15, 0.2) is 6.10 Å². The van der Waals surface area contributed by atoms with Crippen LogP contribution in [0.15, 0.2) is 24.3 Å². The van der Waals surface area contributed by atoms with Crippen LogP contribution in [-0.4, -0.2) is 30.3 Å². The van der Waals surface area contributed by atoms with Crippen LogP contribution >= 0.6 is 0 Å². The number of nitriles is 1. The second-order valence-corrected chi connectivity index (χ2v) is 6.27. The number of hydrogen-bond donors (Lipinski definition) is 2. The first-order valence-electron chi connectivity index (χ1n) is 7.56. The first-order chi connectivity index (χ1) is 10.5. The Hall–Kier alpha value is -2.06. The fourth-order valence-electron chi connectivity index (χ4n) is 2.23. The van der Waals surface area contributed by atoms with Crippen LogP contribution in [0, 0.1) is 22.7 Å². The second-order valence-electron chi connectivity index (χ2n) is 6.27. The molecule has 0 radical (unpaired) electrons. The van der Waals surface area contributed by atoms with Gasteiger partial charge < -0.3 is 15.2 Å². The third-order valence-corrected chi connectivity index (χ3v) is 4.06. The van der Waals surface area contributed by atoms with Crippen molar-refractivity contribution in [3.05, 3.63) is 29.8 Å². The Morgan fingerprint density at radius 2 is 2.14 bits per heavy atom. The molecule has 1 aliphatic carbocycles. The van der Waals surface area contributed by atoms with E-state index in [1.807, 2.05) is 13.8 Å². The van der Waals surface area contributed by atoms with Crippen molar-refractivity contribution in [2.75, 3.05) is 13.2 Å². The molecule has 5 nitrogen and oxygen atoms in total. The molecule has 0 bridgehead atoms. The molecule has 1 aromatic rings. The first kappa shape index (κ1) is 16.3. The van der Waals surface area contributed by atoms with Crippen LogP contribution in [0.1, 0.15) is 32.3 Å². The molecule has 0 aliphatic heterocycles. The fourth-order valence-corrected chi connectivity index (χ4v) is 2.23. The Balaban J connectivity index is 2.03. The van der Waals surface area contributed by atoms with Gasteiger partial charge in [-0.15, -0.1) is 0 Å². The van der Waals surface area contributed by atoms with E-state index in [1.165, 1.54) is 0 Å². The Kier molecular flexibility index (Phi) is 5.04. The molecule has 0 aromatic heterocycles. The van der Waals surface area contributed by atoms with Gasteiger partial charge in [-0.25, -0.2) is 0 Å². The van der Waals surface area contributed by atoms with Crippen molar-refractivity contribution < 1.29 is 14.6 Å². The van der Waals surface area contributed by atoms with E-state index in [9.17, 15) is 9.90 Å². The van der Waals surface area contributed by atoms with E-state index in [4.69, 9.17) is 10.00 Å². The van der Waals surface area contributed by atoms with Gasteiger partial charge in [-0.1, -0.05) is 26.0 Å². The zero-order chi connectivity index (χ0) is 16.2. The van der Waals surface area contributed by atoms with Crippen LogP contribution < -0.4 is 10.1 Å². The minimum atomic E-state index is -0.663. The van der Waals surface area contributed by atoms with E-state index in [-0.39, 0.29) is 23.8 Å². The molecule has 0 saturated heterocycles. The minimum Gasteiger partial charge on any atom is -0.479 e. The van der Waals surface area contributed by atoms with Crippen molar-refractivity contribution in [2.45, 2.75) is 32.8 Å². The predicted octanol–water partition coefficient (Wildman–Crippen LogP) is 1.85. The second kappa shape index (κ2) is 6.80.